The van der Waals surface area contributed by atoms with E-state index in [0.717, 1.165) is 17.7 Å². The Morgan fingerprint density at radius 2 is 2.12 bits per heavy atom. The number of carbonyl (C=O) groups is 1. The number of rotatable bonds is 8. The number of thioether (sulfide) groups is 1. The molecule has 0 spiro atoms. The molecule has 0 radical (unpaired) electrons. The zero-order chi connectivity index (χ0) is 19.1. The van der Waals surface area contributed by atoms with Crippen LogP contribution >= 0.6 is 11.8 Å². The van der Waals surface area contributed by atoms with E-state index in [1.54, 1.807) is 16.4 Å². The van der Waals surface area contributed by atoms with Gasteiger partial charge in [0.25, 0.3) is 0 Å². The Labute approximate surface area is 157 Å². The molecule has 0 bridgehead atoms. The molecule has 1 heterocycles. The van der Waals surface area contributed by atoms with E-state index >= 15 is 0 Å². The highest BCUT2D eigenvalue weighted by molar-refractivity contribution is 8.00. The minimum atomic E-state index is -0.444. The van der Waals surface area contributed by atoms with Gasteiger partial charge in [0.05, 0.1) is 17.7 Å². The number of anilines is 1. The SMILES string of the molecule is CCCn1c(SC(C)C(=O)N(CCC#N)c2ccc(C)cc2)n[nH]c1=O. The van der Waals surface area contributed by atoms with Crippen LogP contribution in [0.3, 0.4) is 0 Å². The van der Waals surface area contributed by atoms with Crippen LogP contribution in [0.1, 0.15) is 32.3 Å². The first-order valence-electron chi connectivity index (χ1n) is 8.54. The number of aryl methyl sites for hydroxylation is 1. The summed E-state index contributed by atoms with van der Waals surface area (Å²) in [5.74, 6) is -0.118. The van der Waals surface area contributed by atoms with Gasteiger partial charge in [0.1, 0.15) is 0 Å². The lowest BCUT2D eigenvalue weighted by atomic mass is 10.2. The van der Waals surface area contributed by atoms with E-state index in [2.05, 4.69) is 16.3 Å². The van der Waals surface area contributed by atoms with Gasteiger partial charge in [-0.15, -0.1) is 5.10 Å². The second kappa shape index (κ2) is 9.25. The minimum absolute atomic E-state index is 0.118. The third-order valence-corrected chi connectivity index (χ3v) is 4.94. The van der Waals surface area contributed by atoms with E-state index in [4.69, 9.17) is 5.26 Å². The standard InChI is InChI=1S/C18H23N5O2S/c1-4-11-23-17(25)20-21-18(23)26-14(3)16(24)22(12-5-10-19)15-8-6-13(2)7-9-15/h6-9,14H,4-5,11-12H2,1-3H3,(H,20,25). The van der Waals surface area contributed by atoms with Crippen molar-refractivity contribution < 1.29 is 4.79 Å². The second-order valence-corrected chi connectivity index (χ2v) is 7.26. The maximum atomic E-state index is 13.0. The normalized spacial score (nSPS) is 11.8. The number of nitrogens with zero attached hydrogens (tertiary/aromatic N) is 4. The number of aromatic nitrogens is 3. The number of benzene rings is 1. The molecule has 8 heteroatoms. The summed E-state index contributed by atoms with van der Waals surface area (Å²) < 4.78 is 1.54. The third-order valence-electron chi connectivity index (χ3n) is 3.86. The third kappa shape index (κ3) is 4.76. The van der Waals surface area contributed by atoms with Gasteiger partial charge in [-0.3, -0.25) is 9.36 Å². The number of aromatic amines is 1. The number of H-pyrrole nitrogens is 1. The maximum Gasteiger partial charge on any atom is 0.343 e. The highest BCUT2D eigenvalue weighted by atomic mass is 32.2. The van der Waals surface area contributed by atoms with Crippen molar-refractivity contribution in [2.24, 2.45) is 0 Å². The molecule has 26 heavy (non-hydrogen) atoms. The van der Waals surface area contributed by atoms with Gasteiger partial charge < -0.3 is 4.90 Å². The molecular formula is C18H23N5O2S. The Bertz CT molecular complexity index is 835. The van der Waals surface area contributed by atoms with E-state index in [1.165, 1.54) is 11.8 Å². The van der Waals surface area contributed by atoms with Gasteiger partial charge in [-0.1, -0.05) is 36.4 Å². The molecule has 0 aliphatic rings. The molecule has 2 aromatic rings. The fourth-order valence-corrected chi connectivity index (χ4v) is 3.44. The molecule has 0 aliphatic heterocycles. The van der Waals surface area contributed by atoms with Crippen molar-refractivity contribution in [1.29, 1.82) is 5.26 Å². The van der Waals surface area contributed by atoms with E-state index in [-0.39, 0.29) is 18.0 Å². The predicted molar refractivity (Wildman–Crippen MR) is 102 cm³/mol. The predicted octanol–water partition coefficient (Wildman–Crippen LogP) is 2.72. The van der Waals surface area contributed by atoms with Crippen LogP contribution in [0, 0.1) is 18.3 Å². The topological polar surface area (TPSA) is 94.8 Å². The van der Waals surface area contributed by atoms with E-state index in [1.807, 2.05) is 38.1 Å². The van der Waals surface area contributed by atoms with Gasteiger partial charge in [-0.2, -0.15) is 5.26 Å². The molecule has 0 fully saturated rings. The largest absolute Gasteiger partial charge is 0.343 e. The minimum Gasteiger partial charge on any atom is -0.310 e. The number of carbonyl (C=O) groups excluding carboxylic acids is 1. The van der Waals surface area contributed by atoms with Crippen LogP contribution in [0.5, 0.6) is 0 Å². The molecule has 0 saturated heterocycles. The fourth-order valence-electron chi connectivity index (χ4n) is 2.50. The summed E-state index contributed by atoms with van der Waals surface area (Å²) in [4.78, 5) is 26.4. The zero-order valence-electron chi connectivity index (χ0n) is 15.2. The van der Waals surface area contributed by atoms with Crippen molar-refractivity contribution in [3.8, 4) is 6.07 Å². The van der Waals surface area contributed by atoms with Gasteiger partial charge in [-0.25, -0.2) is 9.89 Å². The number of nitriles is 1. The van der Waals surface area contributed by atoms with Crippen LogP contribution in [-0.4, -0.2) is 32.5 Å². The Morgan fingerprint density at radius 1 is 1.42 bits per heavy atom. The van der Waals surface area contributed by atoms with Gasteiger partial charge in [-0.05, 0) is 32.4 Å². The quantitative estimate of drug-likeness (QED) is 0.718. The van der Waals surface area contributed by atoms with Crippen LogP contribution in [-0.2, 0) is 11.3 Å². The van der Waals surface area contributed by atoms with Gasteiger partial charge in [0.15, 0.2) is 5.16 Å². The lowest BCUT2D eigenvalue weighted by molar-refractivity contribution is -0.117. The number of amides is 1. The molecule has 2 rings (SSSR count). The van der Waals surface area contributed by atoms with E-state index in [9.17, 15) is 9.59 Å². The molecule has 1 unspecified atom stereocenters. The van der Waals surface area contributed by atoms with Crippen LogP contribution in [0.15, 0.2) is 34.2 Å². The summed E-state index contributed by atoms with van der Waals surface area (Å²) in [7, 11) is 0. The lowest BCUT2D eigenvalue weighted by Crippen LogP contribution is -2.37. The number of hydrogen-bond donors (Lipinski definition) is 1. The summed E-state index contributed by atoms with van der Waals surface area (Å²) in [5.41, 5.74) is 1.59. The summed E-state index contributed by atoms with van der Waals surface area (Å²) in [6.45, 7) is 6.62. The van der Waals surface area contributed by atoms with Gasteiger partial charge in [0, 0.05) is 18.8 Å². The van der Waals surface area contributed by atoms with Crippen LogP contribution in [0.2, 0.25) is 0 Å². The molecule has 1 aromatic carbocycles. The first kappa shape index (κ1) is 19.8. The van der Waals surface area contributed by atoms with Crippen molar-refractivity contribution in [2.75, 3.05) is 11.4 Å². The van der Waals surface area contributed by atoms with Gasteiger partial charge >= 0.3 is 5.69 Å². The second-order valence-electron chi connectivity index (χ2n) is 5.96. The lowest BCUT2D eigenvalue weighted by Gasteiger charge is -2.25. The average Bonchev–Trinajstić information content (AvgIpc) is 2.97. The molecule has 1 aromatic heterocycles. The Kier molecular flexibility index (Phi) is 7.04. The van der Waals surface area contributed by atoms with Crippen molar-refractivity contribution in [2.45, 2.75) is 50.6 Å². The summed E-state index contributed by atoms with van der Waals surface area (Å²) >= 11 is 1.25. The summed E-state index contributed by atoms with van der Waals surface area (Å²) in [6, 6.07) is 9.72. The Morgan fingerprint density at radius 3 is 2.73 bits per heavy atom. The average molecular weight is 373 g/mol. The van der Waals surface area contributed by atoms with Gasteiger partial charge in [0.2, 0.25) is 5.91 Å². The first-order chi connectivity index (χ1) is 12.5. The van der Waals surface area contributed by atoms with Crippen molar-refractivity contribution >= 4 is 23.4 Å². The Hall–Kier alpha value is -2.53. The molecule has 138 valence electrons. The van der Waals surface area contributed by atoms with E-state index in [0.29, 0.717) is 18.2 Å². The first-order valence-corrected chi connectivity index (χ1v) is 9.42. The fraction of sp³-hybridized carbons (Fsp3) is 0.444. The summed E-state index contributed by atoms with van der Waals surface area (Å²) in [6.07, 6.45) is 1.05. The molecule has 0 saturated carbocycles. The Balaban J connectivity index is 2.20. The monoisotopic (exact) mass is 373 g/mol. The molecule has 1 atom stereocenters. The molecule has 1 amide bonds. The molecule has 1 N–H and O–H groups in total. The number of hydrogen-bond acceptors (Lipinski definition) is 5. The van der Waals surface area contributed by atoms with Crippen LogP contribution in [0.4, 0.5) is 5.69 Å². The molecular weight excluding hydrogens is 350 g/mol. The highest BCUT2D eigenvalue weighted by Crippen LogP contribution is 2.25. The van der Waals surface area contributed by atoms with Crippen molar-refractivity contribution in [3.05, 3.63) is 40.3 Å². The van der Waals surface area contributed by atoms with E-state index < -0.39 is 5.25 Å². The summed E-state index contributed by atoms with van der Waals surface area (Å²) in [5, 5.41) is 15.4. The highest BCUT2D eigenvalue weighted by Gasteiger charge is 2.25. The zero-order valence-corrected chi connectivity index (χ0v) is 16.0. The smallest absolute Gasteiger partial charge is 0.310 e. The van der Waals surface area contributed by atoms with Crippen molar-refractivity contribution in [1.82, 2.24) is 14.8 Å². The van der Waals surface area contributed by atoms with Crippen LogP contribution in [0.25, 0.3) is 0 Å². The number of nitrogens with one attached hydrogen (secondary N) is 1. The maximum absolute atomic E-state index is 13.0. The van der Waals surface area contributed by atoms with Crippen molar-refractivity contribution in [3.63, 3.8) is 0 Å². The van der Waals surface area contributed by atoms with Crippen LogP contribution < -0.4 is 10.6 Å². The molecule has 0 aliphatic carbocycles. The molecule has 7 nitrogen and oxygen atoms in total.